The van der Waals surface area contributed by atoms with Gasteiger partial charge in [-0.3, -0.25) is 14.9 Å². The molecule has 3 rings (SSSR count). The van der Waals surface area contributed by atoms with Crippen molar-refractivity contribution < 1.29 is 19.1 Å². The average molecular weight is 348 g/mol. The zero-order valence-electron chi connectivity index (χ0n) is 14.0. The first-order chi connectivity index (χ1) is 12.6. The summed E-state index contributed by atoms with van der Waals surface area (Å²) < 4.78 is 5.20. The minimum Gasteiger partial charge on any atom is -0.495 e. The van der Waals surface area contributed by atoms with Crippen molar-refractivity contribution >= 4 is 29.6 Å². The van der Waals surface area contributed by atoms with Gasteiger partial charge in [0.05, 0.1) is 12.8 Å². The van der Waals surface area contributed by atoms with Gasteiger partial charge in [0.1, 0.15) is 11.3 Å². The number of carbonyl (C=O) groups is 3. The van der Waals surface area contributed by atoms with Crippen molar-refractivity contribution in [2.24, 2.45) is 0 Å². The van der Waals surface area contributed by atoms with Gasteiger partial charge in [-0.05, 0) is 23.8 Å². The van der Waals surface area contributed by atoms with Crippen LogP contribution in [0.3, 0.4) is 0 Å². The molecule has 1 aliphatic heterocycles. The van der Waals surface area contributed by atoms with E-state index in [9.17, 15) is 14.4 Å². The summed E-state index contributed by atoms with van der Waals surface area (Å²) >= 11 is 0. The molecule has 2 aromatic carbocycles. The Kier molecular flexibility index (Phi) is 4.94. The molecule has 0 saturated carbocycles. The standard InChI is InChI=1S/C20H16N2O4/c1-26-17-13-6-5-12-16(17)22-19(24)15(18(23)21-20(22)25)11-7-10-14-8-3-2-4-9-14/h2-13H,1H3,(H,21,23,25)/b10-7+,15-11-. The SMILES string of the molecule is COc1ccccc1N1C(=O)NC(=O)/C(=C/C=C/c2ccccc2)C1=O. The lowest BCUT2D eigenvalue weighted by Gasteiger charge is -2.27. The number of para-hydroxylation sites is 2. The van der Waals surface area contributed by atoms with Crippen LogP contribution in [0.1, 0.15) is 5.56 Å². The summed E-state index contributed by atoms with van der Waals surface area (Å²) in [5.41, 5.74) is 1.05. The van der Waals surface area contributed by atoms with E-state index in [4.69, 9.17) is 4.74 Å². The van der Waals surface area contributed by atoms with Crippen molar-refractivity contribution in [1.29, 1.82) is 0 Å². The van der Waals surface area contributed by atoms with Crippen LogP contribution in [0.2, 0.25) is 0 Å². The Morgan fingerprint density at radius 2 is 1.65 bits per heavy atom. The second-order valence-corrected chi connectivity index (χ2v) is 5.42. The Bertz CT molecular complexity index is 916. The van der Waals surface area contributed by atoms with Crippen LogP contribution in [0, 0.1) is 0 Å². The topological polar surface area (TPSA) is 75.7 Å². The average Bonchev–Trinajstić information content (AvgIpc) is 2.65. The summed E-state index contributed by atoms with van der Waals surface area (Å²) in [6.07, 6.45) is 4.75. The monoisotopic (exact) mass is 348 g/mol. The maximum Gasteiger partial charge on any atom is 0.336 e. The third-order valence-electron chi connectivity index (χ3n) is 3.78. The number of ether oxygens (including phenoxy) is 1. The van der Waals surface area contributed by atoms with Gasteiger partial charge >= 0.3 is 6.03 Å². The van der Waals surface area contributed by atoms with Gasteiger partial charge < -0.3 is 4.74 Å². The summed E-state index contributed by atoms with van der Waals surface area (Å²) in [5, 5.41) is 2.18. The number of urea groups is 1. The van der Waals surface area contributed by atoms with Gasteiger partial charge in [-0.2, -0.15) is 0 Å². The molecule has 0 aromatic heterocycles. The Labute approximate surface area is 150 Å². The van der Waals surface area contributed by atoms with E-state index in [1.807, 2.05) is 30.3 Å². The van der Waals surface area contributed by atoms with Crippen LogP contribution in [0.4, 0.5) is 10.5 Å². The lowest BCUT2D eigenvalue weighted by atomic mass is 10.1. The number of imide groups is 2. The molecule has 130 valence electrons. The van der Waals surface area contributed by atoms with E-state index in [2.05, 4.69) is 5.32 Å². The fourth-order valence-electron chi connectivity index (χ4n) is 2.53. The number of methoxy groups -OCH3 is 1. The molecule has 1 saturated heterocycles. The van der Waals surface area contributed by atoms with Gasteiger partial charge in [0, 0.05) is 0 Å². The van der Waals surface area contributed by atoms with Crippen LogP contribution in [-0.2, 0) is 9.59 Å². The molecular formula is C20H16N2O4. The molecule has 4 amide bonds. The van der Waals surface area contributed by atoms with Crippen LogP contribution in [0.25, 0.3) is 6.08 Å². The highest BCUT2D eigenvalue weighted by atomic mass is 16.5. The molecule has 0 bridgehead atoms. The van der Waals surface area contributed by atoms with Crippen molar-refractivity contribution in [1.82, 2.24) is 5.32 Å². The minimum atomic E-state index is -0.811. The number of hydrogen-bond donors (Lipinski definition) is 1. The molecular weight excluding hydrogens is 332 g/mol. The van der Waals surface area contributed by atoms with E-state index in [-0.39, 0.29) is 11.3 Å². The van der Waals surface area contributed by atoms with E-state index in [0.717, 1.165) is 10.5 Å². The van der Waals surface area contributed by atoms with Gasteiger partial charge in [-0.25, -0.2) is 9.69 Å². The molecule has 0 atom stereocenters. The molecule has 1 heterocycles. The van der Waals surface area contributed by atoms with Crippen molar-refractivity contribution in [3.63, 3.8) is 0 Å². The van der Waals surface area contributed by atoms with E-state index >= 15 is 0 Å². The van der Waals surface area contributed by atoms with Crippen molar-refractivity contribution in [3.05, 3.63) is 77.9 Å². The fraction of sp³-hybridized carbons (Fsp3) is 0.0500. The van der Waals surface area contributed by atoms with Crippen LogP contribution in [0.15, 0.2) is 72.3 Å². The van der Waals surface area contributed by atoms with Gasteiger partial charge in [-0.1, -0.05) is 54.6 Å². The second-order valence-electron chi connectivity index (χ2n) is 5.42. The summed E-state index contributed by atoms with van der Waals surface area (Å²) in [6.45, 7) is 0. The highest BCUT2D eigenvalue weighted by Crippen LogP contribution is 2.30. The van der Waals surface area contributed by atoms with E-state index < -0.39 is 17.8 Å². The summed E-state index contributed by atoms with van der Waals surface area (Å²) in [7, 11) is 1.44. The van der Waals surface area contributed by atoms with Crippen LogP contribution in [-0.4, -0.2) is 25.0 Å². The first-order valence-corrected chi connectivity index (χ1v) is 7.88. The number of rotatable bonds is 4. The normalized spacial score (nSPS) is 16.3. The number of anilines is 1. The number of nitrogens with zero attached hydrogens (tertiary/aromatic N) is 1. The number of nitrogens with one attached hydrogen (secondary N) is 1. The Hall–Kier alpha value is -3.67. The van der Waals surface area contributed by atoms with Crippen molar-refractivity contribution in [2.45, 2.75) is 0 Å². The Morgan fingerprint density at radius 3 is 2.38 bits per heavy atom. The minimum absolute atomic E-state index is 0.136. The Balaban J connectivity index is 1.93. The third-order valence-corrected chi connectivity index (χ3v) is 3.78. The second kappa shape index (κ2) is 7.48. The maximum atomic E-state index is 12.7. The molecule has 0 unspecified atom stereocenters. The van der Waals surface area contributed by atoms with Gasteiger partial charge in [0.2, 0.25) is 0 Å². The maximum absolute atomic E-state index is 12.7. The number of amides is 4. The van der Waals surface area contributed by atoms with E-state index in [0.29, 0.717) is 5.75 Å². The molecule has 6 nitrogen and oxygen atoms in total. The number of barbiturate groups is 1. The zero-order chi connectivity index (χ0) is 18.5. The molecule has 0 radical (unpaired) electrons. The largest absolute Gasteiger partial charge is 0.495 e. The first kappa shape index (κ1) is 17.2. The summed E-state index contributed by atoms with van der Waals surface area (Å²) in [4.78, 5) is 37.9. The predicted octanol–water partition coefficient (Wildman–Crippen LogP) is 2.92. The quantitative estimate of drug-likeness (QED) is 0.681. The highest BCUT2D eigenvalue weighted by molar-refractivity contribution is 6.38. The Morgan fingerprint density at radius 1 is 0.962 bits per heavy atom. The van der Waals surface area contributed by atoms with Gasteiger partial charge in [-0.15, -0.1) is 0 Å². The lowest BCUT2D eigenvalue weighted by Crippen LogP contribution is -2.54. The molecule has 6 heteroatoms. The first-order valence-electron chi connectivity index (χ1n) is 7.88. The van der Waals surface area contributed by atoms with Crippen LogP contribution >= 0.6 is 0 Å². The lowest BCUT2D eigenvalue weighted by molar-refractivity contribution is -0.122. The fourth-order valence-corrected chi connectivity index (χ4v) is 2.53. The number of allylic oxidation sites excluding steroid dienone is 2. The number of benzene rings is 2. The van der Waals surface area contributed by atoms with Gasteiger partial charge in [0.25, 0.3) is 11.8 Å². The summed E-state index contributed by atoms with van der Waals surface area (Å²) in [5.74, 6) is -1.09. The molecule has 1 N–H and O–H groups in total. The van der Waals surface area contributed by atoms with E-state index in [1.54, 1.807) is 36.4 Å². The number of carbonyl (C=O) groups excluding carboxylic acids is 3. The van der Waals surface area contributed by atoms with Gasteiger partial charge in [0.15, 0.2) is 0 Å². The highest BCUT2D eigenvalue weighted by Gasteiger charge is 2.37. The predicted molar refractivity (Wildman–Crippen MR) is 97.6 cm³/mol. The molecule has 0 spiro atoms. The molecule has 0 aliphatic carbocycles. The molecule has 1 aliphatic rings. The molecule has 26 heavy (non-hydrogen) atoms. The number of hydrogen-bond acceptors (Lipinski definition) is 4. The van der Waals surface area contributed by atoms with Crippen LogP contribution < -0.4 is 15.0 Å². The zero-order valence-corrected chi connectivity index (χ0v) is 14.0. The van der Waals surface area contributed by atoms with Crippen LogP contribution in [0.5, 0.6) is 5.75 Å². The molecule has 1 fully saturated rings. The van der Waals surface area contributed by atoms with E-state index in [1.165, 1.54) is 13.2 Å². The molecule has 2 aromatic rings. The van der Waals surface area contributed by atoms with Crippen molar-refractivity contribution in [3.8, 4) is 5.75 Å². The van der Waals surface area contributed by atoms with Crippen molar-refractivity contribution in [2.75, 3.05) is 12.0 Å². The summed E-state index contributed by atoms with van der Waals surface area (Å²) in [6, 6.07) is 15.2. The smallest absolute Gasteiger partial charge is 0.336 e. The third kappa shape index (κ3) is 3.39.